The van der Waals surface area contributed by atoms with Crippen molar-refractivity contribution in [3.63, 3.8) is 0 Å². The van der Waals surface area contributed by atoms with E-state index in [0.29, 0.717) is 29.7 Å². The molecule has 2 aromatic carbocycles. The van der Waals surface area contributed by atoms with Gasteiger partial charge in [-0.25, -0.2) is 4.79 Å². The largest absolute Gasteiger partial charge is 0.508 e. The number of carbonyl (C=O) groups is 3. The molecule has 1 aliphatic carbocycles. The number of hydrogen-bond acceptors (Lipinski definition) is 6. The molecule has 0 radical (unpaired) electrons. The van der Waals surface area contributed by atoms with E-state index < -0.39 is 42.2 Å². The summed E-state index contributed by atoms with van der Waals surface area (Å²) < 4.78 is 5.26. The molecule has 37 heavy (non-hydrogen) atoms. The Morgan fingerprint density at radius 3 is 2.19 bits per heavy atom. The molecule has 0 heterocycles. The number of ether oxygens (including phenoxy) is 1. The molecular formula is C28H37N3O6. The number of aliphatic hydroxyl groups excluding tert-OH is 1. The molecule has 0 aromatic heterocycles. The van der Waals surface area contributed by atoms with Crippen molar-refractivity contribution in [3.05, 3.63) is 58.7 Å². The van der Waals surface area contributed by atoms with Crippen molar-refractivity contribution in [2.45, 2.75) is 78.1 Å². The van der Waals surface area contributed by atoms with Crippen LogP contribution in [0.5, 0.6) is 5.75 Å². The lowest BCUT2D eigenvalue weighted by atomic mass is 9.99. The topological polar surface area (TPSA) is 128 Å². The predicted octanol–water partition coefficient (Wildman–Crippen LogP) is 3.87. The normalized spacial score (nSPS) is 14.9. The van der Waals surface area contributed by atoms with Gasteiger partial charge in [0.1, 0.15) is 23.4 Å². The fourth-order valence-corrected chi connectivity index (χ4v) is 4.18. The average Bonchev–Trinajstić information content (AvgIpc) is 3.63. The third-order valence-electron chi connectivity index (χ3n) is 6.16. The standard InChI is InChI=1S/C28H37N3O6/c1-16-8-7-9-17(2)23(16)30-25(34)24(19-10-13-22(33)18(3)14-19)31(20-11-12-20)26(35)21(15-32)29-27(36)37-28(4,5)6/h7-10,13-14,20-21,24,32-33H,11-12,15H2,1-6H3,(H,29,36)(H,30,34). The zero-order chi connectivity index (χ0) is 27.5. The number of alkyl carbamates (subject to hydrolysis) is 1. The van der Waals surface area contributed by atoms with E-state index in [1.807, 2.05) is 32.0 Å². The van der Waals surface area contributed by atoms with Crippen molar-refractivity contribution >= 4 is 23.6 Å². The third kappa shape index (κ3) is 7.01. The number of para-hydroxylation sites is 1. The number of carbonyl (C=O) groups excluding carboxylic acids is 3. The molecule has 3 amide bonds. The van der Waals surface area contributed by atoms with Gasteiger partial charge in [0.2, 0.25) is 5.91 Å². The van der Waals surface area contributed by atoms with Crippen molar-refractivity contribution in [2.24, 2.45) is 0 Å². The molecule has 0 aliphatic heterocycles. The van der Waals surface area contributed by atoms with Crippen LogP contribution in [-0.4, -0.2) is 57.3 Å². The van der Waals surface area contributed by atoms with Crippen molar-refractivity contribution < 1.29 is 29.3 Å². The number of amides is 3. The highest BCUT2D eigenvalue weighted by atomic mass is 16.6. The van der Waals surface area contributed by atoms with Crippen molar-refractivity contribution in [2.75, 3.05) is 11.9 Å². The molecule has 1 aliphatic rings. The Hall–Kier alpha value is -3.59. The molecular weight excluding hydrogens is 474 g/mol. The highest BCUT2D eigenvalue weighted by Gasteiger charge is 2.44. The number of phenols is 1. The average molecular weight is 512 g/mol. The first-order chi connectivity index (χ1) is 17.3. The van der Waals surface area contributed by atoms with E-state index in [0.717, 1.165) is 11.1 Å². The Balaban J connectivity index is 2.01. The molecule has 9 nitrogen and oxygen atoms in total. The van der Waals surface area contributed by atoms with Gasteiger partial charge in [0.25, 0.3) is 5.91 Å². The van der Waals surface area contributed by atoms with Crippen LogP contribution < -0.4 is 10.6 Å². The summed E-state index contributed by atoms with van der Waals surface area (Å²) in [5.41, 5.74) is 2.67. The Kier molecular flexibility index (Phi) is 8.48. The number of aryl methyl sites for hydroxylation is 3. The predicted molar refractivity (Wildman–Crippen MR) is 140 cm³/mol. The van der Waals surface area contributed by atoms with Gasteiger partial charge in [0.15, 0.2) is 0 Å². The molecule has 2 aromatic rings. The van der Waals surface area contributed by atoms with Gasteiger partial charge < -0.3 is 30.5 Å². The molecule has 3 rings (SSSR count). The van der Waals surface area contributed by atoms with Crippen LogP contribution in [0.4, 0.5) is 10.5 Å². The van der Waals surface area contributed by atoms with E-state index in [-0.39, 0.29) is 11.8 Å². The van der Waals surface area contributed by atoms with Gasteiger partial charge >= 0.3 is 6.09 Å². The first kappa shape index (κ1) is 28.0. The number of hydrogen-bond donors (Lipinski definition) is 4. The van der Waals surface area contributed by atoms with Crippen LogP contribution in [0.25, 0.3) is 0 Å². The number of aliphatic hydroxyl groups is 1. The lowest BCUT2D eigenvalue weighted by molar-refractivity contribution is -0.142. The smallest absolute Gasteiger partial charge is 0.408 e. The SMILES string of the molecule is Cc1cc(C(C(=O)Nc2c(C)cccc2C)N(C(=O)C(CO)NC(=O)OC(C)(C)C)C2CC2)ccc1O. The van der Waals surface area contributed by atoms with Gasteiger partial charge in [-0.3, -0.25) is 9.59 Å². The van der Waals surface area contributed by atoms with Crippen molar-refractivity contribution in [3.8, 4) is 5.75 Å². The van der Waals surface area contributed by atoms with E-state index in [2.05, 4.69) is 10.6 Å². The van der Waals surface area contributed by atoms with Crippen LogP contribution in [0.2, 0.25) is 0 Å². The summed E-state index contributed by atoms with van der Waals surface area (Å²) in [6.45, 7) is 9.90. The highest BCUT2D eigenvalue weighted by Crippen LogP contribution is 2.37. The second-order valence-corrected chi connectivity index (χ2v) is 10.6. The number of rotatable bonds is 8. The number of nitrogens with zero attached hydrogens (tertiary/aromatic N) is 1. The van der Waals surface area contributed by atoms with E-state index in [9.17, 15) is 24.6 Å². The number of phenolic OH excluding ortho intramolecular Hbond substituents is 1. The minimum Gasteiger partial charge on any atom is -0.508 e. The summed E-state index contributed by atoms with van der Waals surface area (Å²) >= 11 is 0. The summed E-state index contributed by atoms with van der Waals surface area (Å²) in [4.78, 5) is 41.5. The van der Waals surface area contributed by atoms with E-state index in [4.69, 9.17) is 4.74 Å². The number of benzene rings is 2. The Morgan fingerprint density at radius 2 is 1.68 bits per heavy atom. The summed E-state index contributed by atoms with van der Waals surface area (Å²) in [5.74, 6) is -0.957. The third-order valence-corrected chi connectivity index (χ3v) is 6.16. The Bertz CT molecular complexity index is 1150. The molecule has 0 spiro atoms. The van der Waals surface area contributed by atoms with E-state index in [1.54, 1.807) is 39.8 Å². The van der Waals surface area contributed by atoms with Gasteiger partial charge in [-0.05, 0) is 88.8 Å². The monoisotopic (exact) mass is 511 g/mol. The zero-order valence-corrected chi connectivity index (χ0v) is 22.3. The molecule has 2 unspecified atom stereocenters. The number of aromatic hydroxyl groups is 1. The summed E-state index contributed by atoms with van der Waals surface area (Å²) in [6, 6.07) is 7.83. The van der Waals surface area contributed by atoms with Gasteiger partial charge in [-0.1, -0.05) is 24.3 Å². The minimum absolute atomic E-state index is 0.0711. The van der Waals surface area contributed by atoms with Crippen LogP contribution in [0.15, 0.2) is 36.4 Å². The van der Waals surface area contributed by atoms with Gasteiger partial charge in [-0.2, -0.15) is 0 Å². The van der Waals surface area contributed by atoms with Gasteiger partial charge in [0.05, 0.1) is 6.61 Å². The molecule has 0 saturated heterocycles. The van der Waals surface area contributed by atoms with Gasteiger partial charge in [-0.15, -0.1) is 0 Å². The lowest BCUT2D eigenvalue weighted by Crippen LogP contribution is -2.54. The fourth-order valence-electron chi connectivity index (χ4n) is 4.18. The molecule has 9 heteroatoms. The fraction of sp³-hybridized carbons (Fsp3) is 0.464. The van der Waals surface area contributed by atoms with Crippen LogP contribution in [0.3, 0.4) is 0 Å². The summed E-state index contributed by atoms with van der Waals surface area (Å²) in [6.07, 6.45) is 0.522. The van der Waals surface area contributed by atoms with E-state index in [1.165, 1.54) is 11.0 Å². The van der Waals surface area contributed by atoms with Crippen LogP contribution >= 0.6 is 0 Å². The van der Waals surface area contributed by atoms with Crippen molar-refractivity contribution in [1.82, 2.24) is 10.2 Å². The minimum atomic E-state index is -1.30. The second-order valence-electron chi connectivity index (χ2n) is 10.6. The first-order valence-electron chi connectivity index (χ1n) is 12.4. The molecule has 1 saturated carbocycles. The zero-order valence-electron chi connectivity index (χ0n) is 22.3. The first-order valence-corrected chi connectivity index (χ1v) is 12.4. The number of nitrogens with one attached hydrogen (secondary N) is 2. The molecule has 0 bridgehead atoms. The highest BCUT2D eigenvalue weighted by molar-refractivity contribution is 6.00. The quantitative estimate of drug-likeness (QED) is 0.426. The second kappa shape index (κ2) is 11.2. The summed E-state index contributed by atoms with van der Waals surface area (Å²) in [7, 11) is 0. The van der Waals surface area contributed by atoms with Crippen LogP contribution in [0.1, 0.15) is 61.9 Å². The Labute approximate surface area is 217 Å². The molecule has 1 fully saturated rings. The van der Waals surface area contributed by atoms with Gasteiger partial charge in [0, 0.05) is 11.7 Å². The molecule has 2 atom stereocenters. The summed E-state index contributed by atoms with van der Waals surface area (Å²) in [5, 5.41) is 25.5. The van der Waals surface area contributed by atoms with Crippen molar-refractivity contribution in [1.29, 1.82) is 0 Å². The Morgan fingerprint density at radius 1 is 1.05 bits per heavy atom. The maximum Gasteiger partial charge on any atom is 0.408 e. The lowest BCUT2D eigenvalue weighted by Gasteiger charge is -2.34. The number of anilines is 1. The molecule has 4 N–H and O–H groups in total. The van der Waals surface area contributed by atoms with E-state index >= 15 is 0 Å². The molecule has 200 valence electrons. The maximum atomic E-state index is 13.9. The van der Waals surface area contributed by atoms with Crippen LogP contribution in [0, 0.1) is 20.8 Å². The van der Waals surface area contributed by atoms with Crippen LogP contribution in [-0.2, 0) is 14.3 Å². The maximum absolute atomic E-state index is 13.9.